The first-order valence-corrected chi connectivity index (χ1v) is 9.26. The maximum atomic E-state index is 11.0. The molecule has 3 rings (SSSR count). The van der Waals surface area contributed by atoms with E-state index in [0.29, 0.717) is 16.4 Å². The number of aromatic hydroxyl groups is 1. The Hall–Kier alpha value is -2.63. The van der Waals surface area contributed by atoms with Gasteiger partial charge in [0.25, 0.3) is 0 Å². The van der Waals surface area contributed by atoms with E-state index in [1.807, 2.05) is 36.4 Å². The second kappa shape index (κ2) is 7.32. The average molecular weight is 368 g/mol. The van der Waals surface area contributed by atoms with Crippen LogP contribution in [0, 0.1) is 0 Å². The molecule has 0 amide bonds. The van der Waals surface area contributed by atoms with E-state index in [2.05, 4.69) is 13.8 Å². The summed E-state index contributed by atoms with van der Waals surface area (Å²) in [5.41, 5.74) is 2.03. The van der Waals surface area contributed by atoms with Gasteiger partial charge in [0, 0.05) is 5.41 Å². The largest absolute Gasteiger partial charge is 0.508 e. The molecule has 3 aromatic rings. The van der Waals surface area contributed by atoms with Crippen LogP contribution in [0.15, 0.2) is 77.7 Å². The summed E-state index contributed by atoms with van der Waals surface area (Å²) in [6.45, 7) is 4.26. The molecular weight excluding hydrogens is 348 g/mol. The van der Waals surface area contributed by atoms with Crippen molar-refractivity contribution in [1.29, 1.82) is 0 Å². The molecule has 0 aliphatic heterocycles. The molecule has 26 heavy (non-hydrogen) atoms. The van der Waals surface area contributed by atoms with Crippen LogP contribution in [-0.4, -0.2) is 13.9 Å². The number of phenolic OH excluding ortho intramolecular Hbond substituents is 1. The number of benzene rings is 3. The lowest BCUT2D eigenvalue weighted by Gasteiger charge is -2.26. The van der Waals surface area contributed by atoms with Crippen molar-refractivity contribution in [3.05, 3.63) is 83.9 Å². The molecule has 0 aliphatic rings. The molecule has 0 saturated carbocycles. The van der Waals surface area contributed by atoms with Crippen LogP contribution in [0.2, 0.25) is 0 Å². The van der Waals surface area contributed by atoms with E-state index < -0.39 is 11.1 Å². The van der Waals surface area contributed by atoms with E-state index in [4.69, 9.17) is 9.29 Å². The number of ether oxygens (including phenoxy) is 1. The maximum absolute atomic E-state index is 11.0. The Labute approximate surface area is 155 Å². The Morgan fingerprint density at radius 1 is 0.769 bits per heavy atom. The minimum Gasteiger partial charge on any atom is -0.508 e. The number of hydrogen-bond acceptors (Lipinski definition) is 3. The average Bonchev–Trinajstić information content (AvgIpc) is 2.63. The SMILES string of the molecule is CC(C)(c1ccc(O)cc1)c1ccc(Oc2ccc(S(=O)O)cc2)cc1. The van der Waals surface area contributed by atoms with Crippen LogP contribution in [0.4, 0.5) is 0 Å². The molecule has 0 bridgehead atoms. The molecule has 0 heterocycles. The fourth-order valence-corrected chi connectivity index (χ4v) is 3.11. The normalized spacial score (nSPS) is 12.6. The van der Waals surface area contributed by atoms with E-state index in [-0.39, 0.29) is 11.2 Å². The van der Waals surface area contributed by atoms with E-state index in [1.165, 1.54) is 0 Å². The van der Waals surface area contributed by atoms with Crippen LogP contribution < -0.4 is 4.74 Å². The molecule has 0 spiro atoms. The van der Waals surface area contributed by atoms with Crippen molar-refractivity contribution < 1.29 is 18.6 Å². The Morgan fingerprint density at radius 2 is 1.19 bits per heavy atom. The summed E-state index contributed by atoms with van der Waals surface area (Å²) in [5, 5.41) is 9.47. The molecule has 1 unspecified atom stereocenters. The Balaban J connectivity index is 1.77. The lowest BCUT2D eigenvalue weighted by Crippen LogP contribution is -2.18. The van der Waals surface area contributed by atoms with Crippen LogP contribution in [0.5, 0.6) is 17.2 Å². The van der Waals surface area contributed by atoms with Crippen LogP contribution in [0.3, 0.4) is 0 Å². The molecule has 5 heteroatoms. The molecule has 0 aromatic heterocycles. The predicted molar refractivity (Wildman–Crippen MR) is 102 cm³/mol. The van der Waals surface area contributed by atoms with Crippen molar-refractivity contribution in [3.8, 4) is 17.2 Å². The summed E-state index contributed by atoms with van der Waals surface area (Å²) in [7, 11) is 0. The highest BCUT2D eigenvalue weighted by Crippen LogP contribution is 2.33. The first-order valence-electron chi connectivity index (χ1n) is 8.15. The molecule has 1 atom stereocenters. The monoisotopic (exact) mass is 368 g/mol. The van der Waals surface area contributed by atoms with Crippen molar-refractivity contribution in [2.75, 3.05) is 0 Å². The predicted octanol–water partition coefficient (Wildman–Crippen LogP) is 5.09. The second-order valence-corrected chi connectivity index (χ2v) is 7.49. The number of rotatable bonds is 5. The lowest BCUT2D eigenvalue weighted by molar-refractivity contribution is 0.474. The lowest BCUT2D eigenvalue weighted by atomic mass is 9.78. The van der Waals surface area contributed by atoms with Gasteiger partial charge in [-0.15, -0.1) is 0 Å². The number of hydrogen-bond donors (Lipinski definition) is 2. The molecule has 0 fully saturated rings. The van der Waals surface area contributed by atoms with Crippen LogP contribution in [0.1, 0.15) is 25.0 Å². The van der Waals surface area contributed by atoms with Crippen molar-refractivity contribution in [2.45, 2.75) is 24.2 Å². The van der Waals surface area contributed by atoms with Gasteiger partial charge >= 0.3 is 0 Å². The van der Waals surface area contributed by atoms with E-state index in [0.717, 1.165) is 11.1 Å². The fraction of sp³-hybridized carbons (Fsp3) is 0.143. The van der Waals surface area contributed by atoms with Crippen molar-refractivity contribution >= 4 is 11.1 Å². The van der Waals surface area contributed by atoms with E-state index in [1.54, 1.807) is 36.4 Å². The van der Waals surface area contributed by atoms with Gasteiger partial charge in [0.05, 0.1) is 4.90 Å². The highest BCUT2D eigenvalue weighted by molar-refractivity contribution is 7.79. The zero-order chi connectivity index (χ0) is 18.7. The Morgan fingerprint density at radius 3 is 1.65 bits per heavy atom. The molecule has 4 nitrogen and oxygen atoms in total. The summed E-state index contributed by atoms with van der Waals surface area (Å²) in [5.74, 6) is 1.54. The molecule has 2 N–H and O–H groups in total. The highest BCUT2D eigenvalue weighted by atomic mass is 32.2. The zero-order valence-corrected chi connectivity index (χ0v) is 15.4. The highest BCUT2D eigenvalue weighted by Gasteiger charge is 2.23. The quantitative estimate of drug-likeness (QED) is 0.616. The third-order valence-corrected chi connectivity index (χ3v) is 5.10. The summed E-state index contributed by atoms with van der Waals surface area (Å²) >= 11 is -1.99. The van der Waals surface area contributed by atoms with Gasteiger partial charge in [-0.2, -0.15) is 0 Å². The van der Waals surface area contributed by atoms with Crippen molar-refractivity contribution in [3.63, 3.8) is 0 Å². The first-order chi connectivity index (χ1) is 12.4. The summed E-state index contributed by atoms with van der Waals surface area (Å²) < 4.78 is 25.8. The zero-order valence-electron chi connectivity index (χ0n) is 14.5. The van der Waals surface area contributed by atoms with E-state index in [9.17, 15) is 9.32 Å². The first kappa shape index (κ1) is 18.2. The van der Waals surface area contributed by atoms with Crippen LogP contribution in [-0.2, 0) is 16.5 Å². The second-order valence-electron chi connectivity index (χ2n) is 6.52. The molecule has 0 radical (unpaired) electrons. The summed E-state index contributed by atoms with van der Waals surface area (Å²) in [6, 6.07) is 21.5. The summed E-state index contributed by atoms with van der Waals surface area (Å²) in [4.78, 5) is 0.336. The topological polar surface area (TPSA) is 66.8 Å². The summed E-state index contributed by atoms with van der Waals surface area (Å²) in [6.07, 6.45) is 0. The van der Waals surface area contributed by atoms with Gasteiger partial charge in [-0.3, -0.25) is 0 Å². The standard InChI is InChI=1S/C21H20O4S/c1-21(2,15-3-7-17(22)8-4-15)16-5-9-18(10-6-16)25-19-11-13-20(14-12-19)26(23)24/h3-14,22H,1-2H3,(H,23,24). The molecule has 0 saturated heterocycles. The molecular formula is C21H20O4S. The van der Waals surface area contributed by atoms with Gasteiger partial charge in [0.1, 0.15) is 17.2 Å². The molecule has 0 aliphatic carbocycles. The minimum absolute atomic E-state index is 0.209. The molecule has 3 aromatic carbocycles. The fourth-order valence-electron chi connectivity index (χ4n) is 2.74. The van der Waals surface area contributed by atoms with E-state index >= 15 is 0 Å². The third-order valence-electron chi connectivity index (χ3n) is 4.43. The van der Waals surface area contributed by atoms with Gasteiger partial charge in [0.15, 0.2) is 11.1 Å². The van der Waals surface area contributed by atoms with Gasteiger partial charge in [-0.25, -0.2) is 4.21 Å². The van der Waals surface area contributed by atoms with Crippen LogP contribution in [0.25, 0.3) is 0 Å². The van der Waals surface area contributed by atoms with Gasteiger partial charge < -0.3 is 14.4 Å². The van der Waals surface area contributed by atoms with Crippen molar-refractivity contribution in [2.24, 2.45) is 0 Å². The maximum Gasteiger partial charge on any atom is 0.186 e. The van der Waals surface area contributed by atoms with Crippen LogP contribution >= 0.6 is 0 Å². The Bertz CT molecular complexity index is 898. The Kier molecular flexibility index (Phi) is 5.11. The smallest absolute Gasteiger partial charge is 0.186 e. The third kappa shape index (κ3) is 3.95. The minimum atomic E-state index is -1.99. The number of phenols is 1. The van der Waals surface area contributed by atoms with Crippen molar-refractivity contribution in [1.82, 2.24) is 0 Å². The van der Waals surface area contributed by atoms with Gasteiger partial charge in [-0.05, 0) is 59.7 Å². The molecule has 134 valence electrons. The van der Waals surface area contributed by atoms with Gasteiger partial charge in [-0.1, -0.05) is 38.1 Å². The van der Waals surface area contributed by atoms with Gasteiger partial charge in [0.2, 0.25) is 0 Å².